The predicted molar refractivity (Wildman–Crippen MR) is 104 cm³/mol. The number of piperidine rings is 1. The van der Waals surface area contributed by atoms with Gasteiger partial charge in [-0.15, -0.1) is 0 Å². The van der Waals surface area contributed by atoms with Gasteiger partial charge in [-0.05, 0) is 50.8 Å². The summed E-state index contributed by atoms with van der Waals surface area (Å²) in [7, 11) is -4.53. The molecule has 1 amide bonds. The minimum atomic E-state index is -3.71. The van der Waals surface area contributed by atoms with Crippen molar-refractivity contribution in [1.82, 2.24) is 9.21 Å². The summed E-state index contributed by atoms with van der Waals surface area (Å²) in [4.78, 5) is 14.3. The standard InChI is InChI=1S/C18H28N2O5S2/c1-14-7-5-8-15(2)20(14)18(21)13-26(22,23)12-16-9-6-10-17(11-16)27(24,25)19(3)4/h6,9-11,14-15H,5,7-8,12-13H2,1-4H3. The van der Waals surface area contributed by atoms with Crippen molar-refractivity contribution in [2.24, 2.45) is 0 Å². The zero-order chi connectivity index (χ0) is 20.4. The van der Waals surface area contributed by atoms with Crippen LogP contribution in [0.5, 0.6) is 0 Å². The van der Waals surface area contributed by atoms with Gasteiger partial charge >= 0.3 is 0 Å². The molecule has 0 spiro atoms. The first-order chi connectivity index (χ1) is 12.4. The third kappa shape index (κ3) is 5.30. The summed E-state index contributed by atoms with van der Waals surface area (Å²) in [6.45, 7) is 3.88. The lowest BCUT2D eigenvalue weighted by molar-refractivity contribution is -0.134. The van der Waals surface area contributed by atoms with Gasteiger partial charge in [0.2, 0.25) is 15.9 Å². The molecule has 1 aromatic carbocycles. The second-order valence-electron chi connectivity index (χ2n) is 7.40. The van der Waals surface area contributed by atoms with Crippen molar-refractivity contribution in [3.63, 3.8) is 0 Å². The number of amides is 1. The Morgan fingerprint density at radius 2 is 1.70 bits per heavy atom. The fraction of sp³-hybridized carbons (Fsp3) is 0.611. The Balaban J connectivity index is 2.16. The maximum atomic E-state index is 12.6. The van der Waals surface area contributed by atoms with Crippen LogP contribution in [0.15, 0.2) is 29.2 Å². The minimum absolute atomic E-state index is 0.0322. The van der Waals surface area contributed by atoms with Crippen molar-refractivity contribution in [3.05, 3.63) is 29.8 Å². The lowest BCUT2D eigenvalue weighted by atomic mass is 9.98. The highest BCUT2D eigenvalue weighted by Gasteiger charge is 2.31. The Hall–Kier alpha value is -1.45. The number of sulfone groups is 1. The lowest BCUT2D eigenvalue weighted by Crippen LogP contribution is -2.49. The Kier molecular flexibility index (Phi) is 6.70. The zero-order valence-electron chi connectivity index (χ0n) is 16.3. The Morgan fingerprint density at radius 3 is 2.26 bits per heavy atom. The van der Waals surface area contributed by atoms with E-state index >= 15 is 0 Å². The van der Waals surface area contributed by atoms with Crippen molar-refractivity contribution < 1.29 is 21.6 Å². The van der Waals surface area contributed by atoms with E-state index in [-0.39, 0.29) is 28.6 Å². The molecule has 2 atom stereocenters. The summed E-state index contributed by atoms with van der Waals surface area (Å²) < 4.78 is 50.6. The molecule has 152 valence electrons. The third-order valence-electron chi connectivity index (χ3n) is 4.89. The highest BCUT2D eigenvalue weighted by Crippen LogP contribution is 2.23. The maximum absolute atomic E-state index is 12.6. The Morgan fingerprint density at radius 1 is 1.11 bits per heavy atom. The molecule has 1 heterocycles. The molecule has 0 radical (unpaired) electrons. The smallest absolute Gasteiger partial charge is 0.242 e. The van der Waals surface area contributed by atoms with Gasteiger partial charge in [-0.1, -0.05) is 12.1 Å². The summed E-state index contributed by atoms with van der Waals surface area (Å²) in [6.07, 6.45) is 2.78. The number of hydrogen-bond donors (Lipinski definition) is 0. The molecule has 0 saturated carbocycles. The Bertz CT molecular complexity index is 884. The summed E-state index contributed by atoms with van der Waals surface area (Å²) in [6, 6.07) is 5.91. The zero-order valence-corrected chi connectivity index (χ0v) is 17.9. The van der Waals surface area contributed by atoms with Crippen LogP contribution in [0.1, 0.15) is 38.7 Å². The molecule has 1 aliphatic heterocycles. The van der Waals surface area contributed by atoms with Gasteiger partial charge in [-0.25, -0.2) is 21.1 Å². The van der Waals surface area contributed by atoms with E-state index in [4.69, 9.17) is 0 Å². The van der Waals surface area contributed by atoms with Crippen LogP contribution in [-0.2, 0) is 30.4 Å². The van der Waals surface area contributed by atoms with Crippen LogP contribution in [0.4, 0.5) is 0 Å². The number of rotatable bonds is 6. The first-order valence-electron chi connectivity index (χ1n) is 8.97. The van der Waals surface area contributed by atoms with Crippen LogP contribution in [0.3, 0.4) is 0 Å². The predicted octanol–water partition coefficient (Wildman–Crippen LogP) is 1.64. The monoisotopic (exact) mass is 416 g/mol. The van der Waals surface area contributed by atoms with Gasteiger partial charge in [-0.3, -0.25) is 4.79 Å². The van der Waals surface area contributed by atoms with E-state index in [1.54, 1.807) is 11.0 Å². The van der Waals surface area contributed by atoms with Gasteiger partial charge in [0.15, 0.2) is 9.84 Å². The molecule has 27 heavy (non-hydrogen) atoms. The summed E-state index contributed by atoms with van der Waals surface area (Å²) in [5.74, 6) is -1.31. The fourth-order valence-electron chi connectivity index (χ4n) is 3.49. The van der Waals surface area contributed by atoms with Crippen LogP contribution in [0, 0.1) is 0 Å². The van der Waals surface area contributed by atoms with Gasteiger partial charge in [0.05, 0.1) is 10.6 Å². The molecule has 0 N–H and O–H groups in total. The normalized spacial score (nSPS) is 21.4. The van der Waals surface area contributed by atoms with Gasteiger partial charge in [0.1, 0.15) is 5.75 Å². The van der Waals surface area contributed by atoms with Gasteiger partial charge in [0.25, 0.3) is 0 Å². The van der Waals surface area contributed by atoms with E-state index in [1.807, 2.05) is 13.8 Å². The second-order valence-corrected chi connectivity index (χ2v) is 11.6. The number of hydrogen-bond acceptors (Lipinski definition) is 5. The summed E-state index contributed by atoms with van der Waals surface area (Å²) >= 11 is 0. The molecule has 2 rings (SSSR count). The first kappa shape index (κ1) is 21.8. The molecule has 2 unspecified atom stereocenters. The molecule has 0 bridgehead atoms. The second kappa shape index (κ2) is 8.28. The van der Waals surface area contributed by atoms with Crippen molar-refractivity contribution in [3.8, 4) is 0 Å². The Labute approximate surface area is 162 Å². The minimum Gasteiger partial charge on any atom is -0.336 e. The van der Waals surface area contributed by atoms with Gasteiger partial charge in [0, 0.05) is 26.2 Å². The molecular weight excluding hydrogens is 388 g/mol. The molecule has 1 saturated heterocycles. The van der Waals surface area contributed by atoms with E-state index < -0.39 is 25.6 Å². The van der Waals surface area contributed by atoms with Crippen LogP contribution in [0.25, 0.3) is 0 Å². The molecule has 1 aliphatic rings. The highest BCUT2D eigenvalue weighted by molar-refractivity contribution is 7.91. The molecule has 1 fully saturated rings. The molecule has 0 aromatic heterocycles. The van der Waals surface area contributed by atoms with E-state index in [0.29, 0.717) is 5.56 Å². The van der Waals surface area contributed by atoms with Gasteiger partial charge in [-0.2, -0.15) is 0 Å². The van der Waals surface area contributed by atoms with Crippen molar-refractivity contribution in [2.45, 2.75) is 55.8 Å². The van der Waals surface area contributed by atoms with E-state index in [2.05, 4.69) is 0 Å². The average Bonchev–Trinajstić information content (AvgIpc) is 2.53. The van der Waals surface area contributed by atoms with Crippen LogP contribution < -0.4 is 0 Å². The fourth-order valence-corrected chi connectivity index (χ4v) is 5.77. The number of carbonyl (C=O) groups is 1. The van der Waals surface area contributed by atoms with Crippen LogP contribution in [0.2, 0.25) is 0 Å². The lowest BCUT2D eigenvalue weighted by Gasteiger charge is -2.39. The molecule has 9 heteroatoms. The quantitative estimate of drug-likeness (QED) is 0.703. The van der Waals surface area contributed by atoms with Gasteiger partial charge < -0.3 is 4.90 Å². The number of likely N-dealkylation sites (tertiary alicyclic amines) is 1. The highest BCUT2D eigenvalue weighted by atomic mass is 32.2. The van der Waals surface area contributed by atoms with E-state index in [1.165, 1.54) is 32.3 Å². The number of nitrogens with zero attached hydrogens (tertiary/aromatic N) is 2. The van der Waals surface area contributed by atoms with Crippen molar-refractivity contribution in [2.75, 3.05) is 19.8 Å². The molecule has 0 aliphatic carbocycles. The maximum Gasteiger partial charge on any atom is 0.242 e. The SMILES string of the molecule is CC1CCCC(C)N1C(=O)CS(=O)(=O)Cc1cccc(S(=O)(=O)N(C)C)c1. The third-order valence-corrected chi connectivity index (χ3v) is 8.16. The topological polar surface area (TPSA) is 91.8 Å². The first-order valence-corrected chi connectivity index (χ1v) is 12.2. The number of sulfonamides is 1. The van der Waals surface area contributed by atoms with Crippen molar-refractivity contribution in [1.29, 1.82) is 0 Å². The summed E-state index contributed by atoms with van der Waals surface area (Å²) in [5, 5.41) is 0. The van der Waals surface area contributed by atoms with E-state index in [0.717, 1.165) is 23.6 Å². The molecule has 7 nitrogen and oxygen atoms in total. The van der Waals surface area contributed by atoms with Crippen LogP contribution >= 0.6 is 0 Å². The molecular formula is C18H28N2O5S2. The largest absolute Gasteiger partial charge is 0.336 e. The number of carbonyl (C=O) groups excluding carboxylic acids is 1. The number of benzene rings is 1. The average molecular weight is 417 g/mol. The summed E-state index contributed by atoms with van der Waals surface area (Å²) in [5.41, 5.74) is 0.352. The molecule has 1 aromatic rings. The van der Waals surface area contributed by atoms with Crippen LogP contribution in [-0.4, -0.2) is 63.9 Å². The van der Waals surface area contributed by atoms with E-state index in [9.17, 15) is 21.6 Å². The van der Waals surface area contributed by atoms with Crippen molar-refractivity contribution >= 4 is 25.8 Å².